The van der Waals surface area contributed by atoms with Crippen molar-refractivity contribution in [2.75, 3.05) is 0 Å². The van der Waals surface area contributed by atoms with Gasteiger partial charge in [0.05, 0.1) is 0 Å². The summed E-state index contributed by atoms with van der Waals surface area (Å²) in [4.78, 5) is 10.5. The second kappa shape index (κ2) is 3.05. The molecular formula is C8H13N3O. The minimum Gasteiger partial charge on any atom is -0.244 e. The van der Waals surface area contributed by atoms with E-state index in [9.17, 15) is 4.91 Å². The lowest BCUT2D eigenvalue weighted by molar-refractivity contribution is 0.232. The van der Waals surface area contributed by atoms with Crippen LogP contribution in [0.1, 0.15) is 26.9 Å². The average molecular weight is 167 g/mol. The van der Waals surface area contributed by atoms with Crippen LogP contribution in [0.15, 0.2) is 23.6 Å². The molecule has 0 N–H and O–H groups in total. The van der Waals surface area contributed by atoms with Crippen molar-refractivity contribution >= 4 is 0 Å². The van der Waals surface area contributed by atoms with Crippen molar-refractivity contribution in [3.63, 3.8) is 0 Å². The number of nitroso groups, excluding NO2 is 1. The first-order valence-electron chi connectivity index (χ1n) is 3.87. The van der Waals surface area contributed by atoms with E-state index in [-0.39, 0.29) is 5.41 Å². The Labute approximate surface area is 71.6 Å². The van der Waals surface area contributed by atoms with Crippen molar-refractivity contribution in [2.24, 2.45) is 10.6 Å². The number of rotatable bonds is 2. The Morgan fingerprint density at radius 2 is 2.17 bits per heavy atom. The summed E-state index contributed by atoms with van der Waals surface area (Å²) < 4.78 is 1.58. The van der Waals surface area contributed by atoms with Crippen LogP contribution in [0.2, 0.25) is 0 Å². The molecule has 0 aliphatic rings. The number of hydrogen-bond acceptors (Lipinski definition) is 3. The van der Waals surface area contributed by atoms with Crippen LogP contribution in [0.3, 0.4) is 0 Å². The van der Waals surface area contributed by atoms with E-state index in [0.717, 1.165) is 0 Å². The summed E-state index contributed by atoms with van der Waals surface area (Å²) in [5, 5.41) is 7.03. The first-order chi connectivity index (χ1) is 5.55. The first-order valence-corrected chi connectivity index (χ1v) is 3.87. The van der Waals surface area contributed by atoms with Gasteiger partial charge in [0.1, 0.15) is 0 Å². The van der Waals surface area contributed by atoms with Gasteiger partial charge in [-0.2, -0.15) is 5.10 Å². The summed E-state index contributed by atoms with van der Waals surface area (Å²) in [6.07, 6.45) is 2.97. The van der Waals surface area contributed by atoms with Gasteiger partial charge in [-0.05, 0) is 11.2 Å². The molecule has 1 aromatic rings. The first kappa shape index (κ1) is 8.90. The van der Waals surface area contributed by atoms with Gasteiger partial charge in [-0.1, -0.05) is 20.8 Å². The van der Waals surface area contributed by atoms with Gasteiger partial charge in [0.2, 0.25) is 0 Å². The van der Waals surface area contributed by atoms with Crippen molar-refractivity contribution in [1.82, 2.24) is 9.78 Å². The summed E-state index contributed by atoms with van der Waals surface area (Å²) in [6, 6.07) is 1.78. The van der Waals surface area contributed by atoms with Gasteiger partial charge in [-0.25, -0.2) is 4.68 Å². The second-order valence-electron chi connectivity index (χ2n) is 3.83. The van der Waals surface area contributed by atoms with Crippen molar-refractivity contribution in [3.8, 4) is 0 Å². The molecule has 0 bridgehead atoms. The highest BCUT2D eigenvalue weighted by Crippen LogP contribution is 2.30. The molecule has 1 atom stereocenters. The van der Waals surface area contributed by atoms with Crippen molar-refractivity contribution in [1.29, 1.82) is 0 Å². The molecule has 1 rings (SSSR count). The zero-order chi connectivity index (χ0) is 9.19. The highest BCUT2D eigenvalue weighted by molar-refractivity contribution is 4.85. The zero-order valence-corrected chi connectivity index (χ0v) is 7.56. The van der Waals surface area contributed by atoms with E-state index in [2.05, 4.69) is 10.3 Å². The largest absolute Gasteiger partial charge is 0.244 e. The molecule has 12 heavy (non-hydrogen) atoms. The Morgan fingerprint density at radius 1 is 1.50 bits per heavy atom. The molecule has 0 fully saturated rings. The summed E-state index contributed by atoms with van der Waals surface area (Å²) in [5.74, 6) is 0. The highest BCUT2D eigenvalue weighted by atomic mass is 16.3. The predicted octanol–water partition coefficient (Wildman–Crippen LogP) is 2.19. The van der Waals surface area contributed by atoms with Crippen LogP contribution in [0.5, 0.6) is 0 Å². The van der Waals surface area contributed by atoms with Gasteiger partial charge < -0.3 is 0 Å². The van der Waals surface area contributed by atoms with Gasteiger partial charge in [0.25, 0.3) is 0 Å². The van der Waals surface area contributed by atoms with Gasteiger partial charge in [0, 0.05) is 17.8 Å². The third-order valence-corrected chi connectivity index (χ3v) is 1.65. The minimum atomic E-state index is -0.424. The van der Waals surface area contributed by atoms with E-state index >= 15 is 0 Å². The van der Waals surface area contributed by atoms with E-state index in [1.807, 2.05) is 20.8 Å². The fraction of sp³-hybridized carbons (Fsp3) is 0.625. The topological polar surface area (TPSA) is 47.2 Å². The van der Waals surface area contributed by atoms with Crippen molar-refractivity contribution in [2.45, 2.75) is 26.9 Å². The smallest absolute Gasteiger partial charge is 0.187 e. The summed E-state index contributed by atoms with van der Waals surface area (Å²) in [6.45, 7) is 5.88. The standard InChI is InChI=1S/C8H13N3O/c1-8(2,3)7(10-12)11-6-4-5-9-11/h4-7H,1-3H3. The van der Waals surface area contributed by atoms with Gasteiger partial charge in [-0.15, -0.1) is 4.91 Å². The molecule has 1 aromatic heterocycles. The van der Waals surface area contributed by atoms with Crippen molar-refractivity contribution < 1.29 is 0 Å². The number of nitrogens with zero attached hydrogens (tertiary/aromatic N) is 3. The molecule has 0 saturated carbocycles. The Bertz CT molecular complexity index is 248. The predicted molar refractivity (Wildman–Crippen MR) is 46.5 cm³/mol. The maximum atomic E-state index is 10.5. The summed E-state index contributed by atoms with van der Waals surface area (Å²) in [7, 11) is 0. The quantitative estimate of drug-likeness (QED) is 0.634. The lowest BCUT2D eigenvalue weighted by Crippen LogP contribution is -2.22. The third kappa shape index (κ3) is 1.69. The lowest BCUT2D eigenvalue weighted by atomic mass is 9.93. The molecule has 4 nitrogen and oxygen atoms in total. The lowest BCUT2D eigenvalue weighted by Gasteiger charge is -2.24. The van der Waals surface area contributed by atoms with Gasteiger partial charge in [-0.3, -0.25) is 0 Å². The minimum absolute atomic E-state index is 0.187. The van der Waals surface area contributed by atoms with Crippen LogP contribution < -0.4 is 0 Å². The van der Waals surface area contributed by atoms with E-state index in [4.69, 9.17) is 0 Å². The van der Waals surface area contributed by atoms with E-state index < -0.39 is 6.17 Å². The molecule has 0 aromatic carbocycles. The van der Waals surface area contributed by atoms with Crippen molar-refractivity contribution in [3.05, 3.63) is 23.4 Å². The molecule has 0 radical (unpaired) electrons. The Balaban J connectivity index is 2.91. The summed E-state index contributed by atoms with van der Waals surface area (Å²) in [5.41, 5.74) is -0.187. The molecule has 66 valence electrons. The SMILES string of the molecule is CC(C)(C)C(N=O)n1cccn1. The fourth-order valence-electron chi connectivity index (χ4n) is 1.03. The summed E-state index contributed by atoms with van der Waals surface area (Å²) >= 11 is 0. The molecular weight excluding hydrogens is 154 g/mol. The molecule has 0 spiro atoms. The third-order valence-electron chi connectivity index (χ3n) is 1.65. The van der Waals surface area contributed by atoms with Crippen LogP contribution >= 0.6 is 0 Å². The van der Waals surface area contributed by atoms with E-state index in [0.29, 0.717) is 0 Å². The van der Waals surface area contributed by atoms with Crippen LogP contribution in [0.25, 0.3) is 0 Å². The zero-order valence-electron chi connectivity index (χ0n) is 7.56. The molecule has 0 aliphatic carbocycles. The number of hydrogen-bond donors (Lipinski definition) is 0. The van der Waals surface area contributed by atoms with Crippen LogP contribution in [-0.4, -0.2) is 9.78 Å². The average Bonchev–Trinajstić information content (AvgIpc) is 2.38. The Morgan fingerprint density at radius 3 is 2.50 bits per heavy atom. The Kier molecular flexibility index (Phi) is 2.26. The molecule has 4 heteroatoms. The molecule has 1 heterocycles. The second-order valence-corrected chi connectivity index (χ2v) is 3.83. The maximum Gasteiger partial charge on any atom is 0.187 e. The Hall–Kier alpha value is -1.19. The van der Waals surface area contributed by atoms with E-state index in [1.54, 1.807) is 23.1 Å². The molecule has 0 amide bonds. The van der Waals surface area contributed by atoms with Gasteiger partial charge in [0.15, 0.2) is 6.17 Å². The number of aromatic nitrogens is 2. The normalized spacial score (nSPS) is 14.2. The van der Waals surface area contributed by atoms with E-state index in [1.165, 1.54) is 0 Å². The highest BCUT2D eigenvalue weighted by Gasteiger charge is 2.27. The molecule has 0 saturated heterocycles. The fourth-order valence-corrected chi connectivity index (χ4v) is 1.03. The molecule has 0 aliphatic heterocycles. The van der Waals surface area contributed by atoms with Crippen LogP contribution in [0.4, 0.5) is 0 Å². The maximum absolute atomic E-state index is 10.5. The monoisotopic (exact) mass is 167 g/mol. The van der Waals surface area contributed by atoms with Gasteiger partial charge >= 0.3 is 0 Å². The van der Waals surface area contributed by atoms with Crippen LogP contribution in [-0.2, 0) is 0 Å². The molecule has 1 unspecified atom stereocenters. The van der Waals surface area contributed by atoms with Crippen LogP contribution in [0, 0.1) is 10.3 Å².